The van der Waals surface area contributed by atoms with Gasteiger partial charge in [-0.05, 0) is 57.8 Å². The Kier molecular flexibility index (Phi) is 67.1. The van der Waals surface area contributed by atoms with Crippen LogP contribution in [-0.2, 0) is 28.6 Å². The lowest BCUT2D eigenvalue weighted by molar-refractivity contribution is -0.167. The van der Waals surface area contributed by atoms with E-state index in [1.807, 2.05) is 0 Å². The molecule has 0 spiro atoms. The molecular weight excluding hydrogens is 985 g/mol. The molecule has 0 rings (SSSR count). The fourth-order valence-electron chi connectivity index (χ4n) is 11.0. The second kappa shape index (κ2) is 69.1. The molecule has 6 nitrogen and oxygen atoms in total. The molecule has 0 bridgehead atoms. The van der Waals surface area contributed by atoms with Gasteiger partial charge in [0.1, 0.15) is 13.2 Å². The van der Waals surface area contributed by atoms with Crippen molar-refractivity contribution in [2.24, 2.45) is 0 Å². The summed E-state index contributed by atoms with van der Waals surface area (Å²) in [4.78, 5) is 38.5. The lowest BCUT2D eigenvalue weighted by Gasteiger charge is -2.18. The van der Waals surface area contributed by atoms with Crippen LogP contribution in [0.3, 0.4) is 0 Å². The summed E-state index contributed by atoms with van der Waals surface area (Å²) < 4.78 is 17.0. The van der Waals surface area contributed by atoms with Crippen LogP contribution in [0.2, 0.25) is 0 Å². The number of hydrogen-bond donors (Lipinski definition) is 0. The van der Waals surface area contributed by atoms with Crippen molar-refractivity contribution in [2.75, 3.05) is 13.2 Å². The van der Waals surface area contributed by atoms with Crippen LogP contribution in [0.15, 0.2) is 36.5 Å². The molecule has 0 saturated heterocycles. The highest BCUT2D eigenvalue weighted by Gasteiger charge is 2.19. The topological polar surface area (TPSA) is 78.9 Å². The average molecular weight is 1120 g/mol. The van der Waals surface area contributed by atoms with Crippen molar-refractivity contribution in [3.8, 4) is 0 Å². The molecule has 0 aliphatic rings. The van der Waals surface area contributed by atoms with Crippen molar-refractivity contribution >= 4 is 17.9 Å². The second-order valence-corrected chi connectivity index (χ2v) is 24.5. The quantitative estimate of drug-likeness (QED) is 0.0261. The van der Waals surface area contributed by atoms with E-state index in [1.54, 1.807) is 0 Å². The fraction of sp³-hybridized carbons (Fsp3) is 0.878. The maximum absolute atomic E-state index is 12.9. The van der Waals surface area contributed by atoms with Crippen LogP contribution in [0, 0.1) is 0 Å². The summed E-state index contributed by atoms with van der Waals surface area (Å²) in [6.07, 6.45) is 86.0. The largest absolute Gasteiger partial charge is 0.462 e. The zero-order chi connectivity index (χ0) is 57.8. The maximum Gasteiger partial charge on any atom is 0.306 e. The molecule has 0 fully saturated rings. The SMILES string of the molecule is CCCCCCC/C=C\C/C=C\C/C=C\CCCCCCCCCCCCCCCCC(=O)OCC(COC(=O)CCCCCCCCCCCCCCCCCC)OC(=O)CCCCCCCCCCCCCCCCCCC. The molecule has 0 amide bonds. The molecule has 0 aromatic rings. The Hall–Kier alpha value is -2.37. The highest BCUT2D eigenvalue weighted by atomic mass is 16.6. The molecule has 0 aliphatic heterocycles. The maximum atomic E-state index is 12.9. The van der Waals surface area contributed by atoms with Gasteiger partial charge >= 0.3 is 17.9 Å². The van der Waals surface area contributed by atoms with Gasteiger partial charge in [-0.15, -0.1) is 0 Å². The molecule has 0 aromatic carbocycles. The Labute approximate surface area is 499 Å². The number of rotatable bonds is 67. The summed E-state index contributed by atoms with van der Waals surface area (Å²) >= 11 is 0. The Balaban J connectivity index is 4.22. The van der Waals surface area contributed by atoms with Crippen molar-refractivity contribution < 1.29 is 28.6 Å². The van der Waals surface area contributed by atoms with E-state index in [1.165, 1.54) is 289 Å². The molecule has 0 heterocycles. The van der Waals surface area contributed by atoms with Gasteiger partial charge in [-0.3, -0.25) is 14.4 Å². The van der Waals surface area contributed by atoms with E-state index in [0.717, 1.165) is 70.6 Å². The summed E-state index contributed by atoms with van der Waals surface area (Å²) in [5, 5.41) is 0. The summed E-state index contributed by atoms with van der Waals surface area (Å²) in [7, 11) is 0. The van der Waals surface area contributed by atoms with Gasteiger partial charge in [-0.25, -0.2) is 0 Å². The normalized spacial score (nSPS) is 12.2. The van der Waals surface area contributed by atoms with E-state index < -0.39 is 6.10 Å². The molecule has 6 heteroatoms. The standard InChI is InChI=1S/C74H138O6/c1-4-7-10-13-16-19-22-25-28-31-32-33-34-35-36-37-38-39-40-41-42-44-46-49-52-55-58-61-64-67-73(76)79-70-71(69-78-72(75)66-63-60-57-54-51-48-45-30-27-24-21-18-15-12-9-6-3)80-74(77)68-65-62-59-56-53-50-47-43-29-26-23-20-17-14-11-8-5-2/h22,25,31-32,34-35,71H,4-21,23-24,26-30,33,36-70H2,1-3H3/b25-22-,32-31-,35-34-. The van der Waals surface area contributed by atoms with Crippen molar-refractivity contribution in [2.45, 2.75) is 406 Å². The van der Waals surface area contributed by atoms with Gasteiger partial charge in [0.05, 0.1) is 0 Å². The van der Waals surface area contributed by atoms with Crippen LogP contribution < -0.4 is 0 Å². The third-order valence-electron chi connectivity index (χ3n) is 16.4. The van der Waals surface area contributed by atoms with Crippen molar-refractivity contribution in [3.05, 3.63) is 36.5 Å². The summed E-state index contributed by atoms with van der Waals surface area (Å²) in [6, 6.07) is 0. The van der Waals surface area contributed by atoms with E-state index in [9.17, 15) is 14.4 Å². The number of carbonyl (C=O) groups excluding carboxylic acids is 3. The second-order valence-electron chi connectivity index (χ2n) is 24.5. The van der Waals surface area contributed by atoms with Crippen molar-refractivity contribution in [1.82, 2.24) is 0 Å². The molecule has 0 aliphatic carbocycles. The predicted octanol–water partition coefficient (Wildman–Crippen LogP) is 24.7. The van der Waals surface area contributed by atoms with E-state index in [-0.39, 0.29) is 31.1 Å². The Morgan fingerprint density at radius 2 is 0.450 bits per heavy atom. The lowest BCUT2D eigenvalue weighted by atomic mass is 10.0. The molecule has 1 unspecified atom stereocenters. The highest BCUT2D eigenvalue weighted by Crippen LogP contribution is 2.19. The first kappa shape index (κ1) is 77.6. The van der Waals surface area contributed by atoms with E-state index in [0.29, 0.717) is 19.3 Å². The molecule has 0 saturated carbocycles. The number of carbonyl (C=O) groups is 3. The first-order chi connectivity index (χ1) is 39.5. The van der Waals surface area contributed by atoms with Gasteiger partial charge < -0.3 is 14.2 Å². The average Bonchev–Trinajstić information content (AvgIpc) is 3.46. The van der Waals surface area contributed by atoms with Crippen molar-refractivity contribution in [1.29, 1.82) is 0 Å². The number of esters is 3. The summed E-state index contributed by atoms with van der Waals surface area (Å²) in [5.41, 5.74) is 0. The van der Waals surface area contributed by atoms with Gasteiger partial charge in [0.25, 0.3) is 0 Å². The number of ether oxygens (including phenoxy) is 3. The first-order valence-corrected chi connectivity index (χ1v) is 36.0. The Morgan fingerprint density at radius 1 is 0.250 bits per heavy atom. The van der Waals surface area contributed by atoms with E-state index >= 15 is 0 Å². The van der Waals surface area contributed by atoms with Crippen molar-refractivity contribution in [3.63, 3.8) is 0 Å². The van der Waals surface area contributed by atoms with Crippen LogP contribution in [-0.4, -0.2) is 37.2 Å². The van der Waals surface area contributed by atoms with Gasteiger partial charge in [-0.1, -0.05) is 359 Å². The lowest BCUT2D eigenvalue weighted by Crippen LogP contribution is -2.30. The molecule has 0 N–H and O–H groups in total. The summed E-state index contributed by atoms with van der Waals surface area (Å²) in [6.45, 7) is 6.71. The minimum Gasteiger partial charge on any atom is -0.462 e. The first-order valence-electron chi connectivity index (χ1n) is 36.0. The molecule has 0 aromatic heterocycles. The van der Waals surface area contributed by atoms with Crippen LogP contribution in [0.25, 0.3) is 0 Å². The van der Waals surface area contributed by atoms with Gasteiger partial charge in [0.2, 0.25) is 0 Å². The third kappa shape index (κ3) is 66.4. The molecular formula is C74H138O6. The Bertz CT molecular complexity index is 1340. The summed E-state index contributed by atoms with van der Waals surface area (Å²) in [5.74, 6) is -0.832. The van der Waals surface area contributed by atoms with Crippen LogP contribution in [0.1, 0.15) is 400 Å². The third-order valence-corrected chi connectivity index (χ3v) is 16.4. The Morgan fingerprint density at radius 3 is 0.700 bits per heavy atom. The van der Waals surface area contributed by atoms with Crippen LogP contribution in [0.4, 0.5) is 0 Å². The molecule has 470 valence electrons. The minimum atomic E-state index is -0.769. The predicted molar refractivity (Wildman–Crippen MR) is 349 cm³/mol. The van der Waals surface area contributed by atoms with Gasteiger partial charge in [-0.2, -0.15) is 0 Å². The fourth-order valence-corrected chi connectivity index (χ4v) is 11.0. The molecule has 1 atom stereocenters. The zero-order valence-electron chi connectivity index (χ0n) is 54.1. The van der Waals surface area contributed by atoms with E-state index in [2.05, 4.69) is 57.2 Å². The van der Waals surface area contributed by atoms with Crippen LogP contribution in [0.5, 0.6) is 0 Å². The smallest absolute Gasteiger partial charge is 0.306 e. The number of allylic oxidation sites excluding steroid dienone is 6. The van der Waals surface area contributed by atoms with Crippen LogP contribution >= 0.6 is 0 Å². The van der Waals surface area contributed by atoms with Gasteiger partial charge in [0.15, 0.2) is 6.10 Å². The van der Waals surface area contributed by atoms with Gasteiger partial charge in [0, 0.05) is 19.3 Å². The van der Waals surface area contributed by atoms with E-state index in [4.69, 9.17) is 14.2 Å². The highest BCUT2D eigenvalue weighted by molar-refractivity contribution is 5.71. The molecule has 0 radical (unpaired) electrons. The minimum absolute atomic E-state index is 0.0649. The monoisotopic (exact) mass is 1120 g/mol. The molecule has 80 heavy (non-hydrogen) atoms. The number of hydrogen-bond acceptors (Lipinski definition) is 6. The number of unbranched alkanes of at least 4 members (excludes halogenated alkanes) is 50. The zero-order valence-corrected chi connectivity index (χ0v) is 54.1.